The number of nitrogens with zero attached hydrogens (tertiary/aromatic N) is 1. The lowest BCUT2D eigenvalue weighted by molar-refractivity contribution is -0.136. The van der Waals surface area contributed by atoms with Crippen molar-refractivity contribution in [1.82, 2.24) is 0 Å². The average Bonchev–Trinajstić information content (AvgIpc) is 2.91. The molecule has 1 aliphatic heterocycles. The van der Waals surface area contributed by atoms with E-state index in [1.165, 1.54) is 7.11 Å². The Morgan fingerprint density at radius 1 is 0.973 bits per heavy atom. The first kappa shape index (κ1) is 26.5. The molecular formula is C30H35NO6. The Bertz CT molecular complexity index is 1230. The molecule has 0 saturated heterocycles. The van der Waals surface area contributed by atoms with Gasteiger partial charge in [-0.3, -0.25) is 9.79 Å². The number of para-hydroxylation sites is 1. The summed E-state index contributed by atoms with van der Waals surface area (Å²) in [6.45, 7) is 4.49. The summed E-state index contributed by atoms with van der Waals surface area (Å²) in [5.41, 5.74) is 3.59. The molecule has 7 nitrogen and oxygen atoms in total. The maximum atomic E-state index is 13.9. The molecular weight excluding hydrogens is 470 g/mol. The van der Waals surface area contributed by atoms with Crippen molar-refractivity contribution >= 4 is 17.5 Å². The molecule has 37 heavy (non-hydrogen) atoms. The highest BCUT2D eigenvalue weighted by Crippen LogP contribution is 2.48. The van der Waals surface area contributed by atoms with Crippen LogP contribution in [0, 0.1) is 5.92 Å². The lowest BCUT2D eigenvalue weighted by atomic mass is 9.66. The van der Waals surface area contributed by atoms with Gasteiger partial charge in [0, 0.05) is 29.3 Å². The number of ketones is 1. The number of Topliss-reactive ketones (excluding diaryl/α,β-unsaturated/α-hetero) is 1. The van der Waals surface area contributed by atoms with E-state index < -0.39 is 17.8 Å². The Morgan fingerprint density at radius 2 is 1.73 bits per heavy atom. The lowest BCUT2D eigenvalue weighted by Crippen LogP contribution is -2.41. The van der Waals surface area contributed by atoms with Crippen molar-refractivity contribution in [2.75, 3.05) is 27.9 Å². The molecule has 1 fully saturated rings. The SMILES string of the molecule is CCCCOc1ccccc1[C@H]1C(C(=O)OC)=C(C)N=C2C[C@@H](c3ccc(OC)c(OC)c3)CC(=O)C21. The molecule has 1 unspecified atom stereocenters. The van der Waals surface area contributed by atoms with E-state index in [1.54, 1.807) is 14.2 Å². The van der Waals surface area contributed by atoms with E-state index in [0.29, 0.717) is 48.0 Å². The van der Waals surface area contributed by atoms with Crippen LogP contribution in [0.25, 0.3) is 0 Å². The summed E-state index contributed by atoms with van der Waals surface area (Å²) >= 11 is 0. The fourth-order valence-electron chi connectivity index (χ4n) is 5.43. The van der Waals surface area contributed by atoms with Crippen LogP contribution in [0.3, 0.4) is 0 Å². The Balaban J connectivity index is 1.76. The van der Waals surface area contributed by atoms with Crippen molar-refractivity contribution < 1.29 is 28.5 Å². The third-order valence-corrected chi connectivity index (χ3v) is 7.25. The van der Waals surface area contributed by atoms with Crippen LogP contribution in [0.5, 0.6) is 17.2 Å². The van der Waals surface area contributed by atoms with Gasteiger partial charge in [-0.25, -0.2) is 4.79 Å². The fraction of sp³-hybridized carbons (Fsp3) is 0.433. The van der Waals surface area contributed by atoms with E-state index in [1.807, 2.05) is 49.4 Å². The van der Waals surface area contributed by atoms with Gasteiger partial charge in [0.1, 0.15) is 11.5 Å². The Labute approximate surface area is 218 Å². The van der Waals surface area contributed by atoms with Gasteiger partial charge < -0.3 is 18.9 Å². The van der Waals surface area contributed by atoms with Crippen molar-refractivity contribution in [1.29, 1.82) is 0 Å². The largest absolute Gasteiger partial charge is 0.493 e. The second kappa shape index (κ2) is 11.6. The number of ether oxygens (including phenoxy) is 4. The Morgan fingerprint density at radius 3 is 2.43 bits per heavy atom. The molecule has 2 aromatic rings. The summed E-state index contributed by atoms with van der Waals surface area (Å²) in [6, 6.07) is 13.4. The van der Waals surface area contributed by atoms with Crippen molar-refractivity contribution in [2.45, 2.75) is 51.4 Å². The van der Waals surface area contributed by atoms with Gasteiger partial charge in [0.2, 0.25) is 0 Å². The molecule has 0 bridgehead atoms. The third kappa shape index (κ3) is 5.26. The number of hydrogen-bond acceptors (Lipinski definition) is 7. The van der Waals surface area contributed by atoms with E-state index in [0.717, 1.165) is 29.7 Å². The molecule has 1 heterocycles. The molecule has 0 amide bonds. The number of carbonyl (C=O) groups is 2. The molecule has 0 N–H and O–H groups in total. The smallest absolute Gasteiger partial charge is 0.336 e. The molecule has 7 heteroatoms. The number of unbranched alkanes of at least 4 members (excludes halogenated alkanes) is 1. The van der Waals surface area contributed by atoms with Crippen LogP contribution in [0.2, 0.25) is 0 Å². The quantitative estimate of drug-likeness (QED) is 0.324. The maximum Gasteiger partial charge on any atom is 0.336 e. The second-order valence-electron chi connectivity index (χ2n) is 9.47. The molecule has 2 aliphatic rings. The van der Waals surface area contributed by atoms with E-state index in [4.69, 9.17) is 23.9 Å². The molecule has 196 valence electrons. The molecule has 0 spiro atoms. The zero-order chi connectivity index (χ0) is 26.5. The summed E-state index contributed by atoms with van der Waals surface area (Å²) in [6.07, 6.45) is 2.86. The second-order valence-corrected chi connectivity index (χ2v) is 9.47. The number of methoxy groups -OCH3 is 3. The highest BCUT2D eigenvalue weighted by atomic mass is 16.5. The first-order chi connectivity index (χ1) is 17.9. The summed E-state index contributed by atoms with van der Waals surface area (Å²) in [7, 11) is 4.56. The molecule has 2 aromatic carbocycles. The minimum atomic E-state index is -0.551. The van der Waals surface area contributed by atoms with Crippen molar-refractivity contribution in [3.63, 3.8) is 0 Å². The number of fused-ring (bicyclic) bond motifs is 1. The molecule has 0 radical (unpaired) electrons. The van der Waals surface area contributed by atoms with Crippen LogP contribution in [0.4, 0.5) is 0 Å². The van der Waals surface area contributed by atoms with E-state index in [-0.39, 0.29) is 11.7 Å². The van der Waals surface area contributed by atoms with Crippen LogP contribution in [-0.4, -0.2) is 45.4 Å². The predicted molar refractivity (Wildman–Crippen MR) is 142 cm³/mol. The van der Waals surface area contributed by atoms with E-state index in [2.05, 4.69) is 6.92 Å². The van der Waals surface area contributed by atoms with Crippen LogP contribution in [0.15, 0.2) is 58.7 Å². The topological polar surface area (TPSA) is 83.4 Å². The Hall–Kier alpha value is -3.61. The van der Waals surface area contributed by atoms with Crippen LogP contribution < -0.4 is 14.2 Å². The molecule has 1 aliphatic carbocycles. The highest BCUT2D eigenvalue weighted by Gasteiger charge is 2.46. The zero-order valence-corrected chi connectivity index (χ0v) is 22.2. The third-order valence-electron chi connectivity index (χ3n) is 7.25. The number of rotatable bonds is 9. The number of allylic oxidation sites excluding steroid dienone is 1. The van der Waals surface area contributed by atoms with Crippen molar-refractivity contribution in [2.24, 2.45) is 10.9 Å². The van der Waals surface area contributed by atoms with Crippen LogP contribution in [0.1, 0.15) is 62.5 Å². The minimum absolute atomic E-state index is 0.0482. The predicted octanol–water partition coefficient (Wildman–Crippen LogP) is 5.63. The van der Waals surface area contributed by atoms with Gasteiger partial charge in [0.15, 0.2) is 11.5 Å². The van der Waals surface area contributed by atoms with Gasteiger partial charge in [-0.15, -0.1) is 0 Å². The van der Waals surface area contributed by atoms with Gasteiger partial charge in [-0.2, -0.15) is 0 Å². The molecule has 0 aromatic heterocycles. The lowest BCUT2D eigenvalue weighted by Gasteiger charge is -2.38. The Kier molecular flexibility index (Phi) is 8.31. The summed E-state index contributed by atoms with van der Waals surface area (Å²) in [5.74, 6) is 0.415. The molecule has 4 rings (SSSR count). The fourth-order valence-corrected chi connectivity index (χ4v) is 5.43. The number of aliphatic imine (C=N–C) groups is 1. The van der Waals surface area contributed by atoms with E-state index in [9.17, 15) is 9.59 Å². The molecule has 3 atom stereocenters. The normalized spacial score (nSPS) is 21.2. The van der Waals surface area contributed by atoms with Gasteiger partial charge in [-0.05, 0) is 49.4 Å². The maximum absolute atomic E-state index is 13.9. The van der Waals surface area contributed by atoms with Gasteiger partial charge in [0.25, 0.3) is 0 Å². The van der Waals surface area contributed by atoms with E-state index >= 15 is 0 Å². The molecule has 1 saturated carbocycles. The average molecular weight is 506 g/mol. The van der Waals surface area contributed by atoms with Gasteiger partial charge in [0.05, 0.1) is 39.4 Å². The summed E-state index contributed by atoms with van der Waals surface area (Å²) in [4.78, 5) is 31.7. The number of benzene rings is 2. The minimum Gasteiger partial charge on any atom is -0.493 e. The van der Waals surface area contributed by atoms with Crippen LogP contribution >= 0.6 is 0 Å². The standard InChI is InChI=1S/C30H35NO6/c1-6-7-14-37-24-11-9-8-10-21(24)28-27(30(33)36-5)18(2)31-22-15-20(16-23(32)29(22)28)19-12-13-25(34-3)26(17-19)35-4/h8-13,17,20,28-29H,6-7,14-16H2,1-5H3/t20-,28+,29?/m1/s1. The van der Waals surface area contributed by atoms with Crippen molar-refractivity contribution in [3.05, 3.63) is 64.9 Å². The summed E-state index contributed by atoms with van der Waals surface area (Å²) in [5, 5.41) is 0. The highest BCUT2D eigenvalue weighted by molar-refractivity contribution is 6.12. The van der Waals surface area contributed by atoms with Crippen LogP contribution in [-0.2, 0) is 14.3 Å². The number of carbonyl (C=O) groups excluding carboxylic acids is 2. The number of esters is 1. The monoisotopic (exact) mass is 505 g/mol. The first-order valence-corrected chi connectivity index (χ1v) is 12.8. The summed E-state index contributed by atoms with van der Waals surface area (Å²) < 4.78 is 22.2. The number of hydrogen-bond donors (Lipinski definition) is 0. The van der Waals surface area contributed by atoms with Gasteiger partial charge in [-0.1, -0.05) is 37.6 Å². The first-order valence-electron chi connectivity index (χ1n) is 12.8. The van der Waals surface area contributed by atoms with Crippen molar-refractivity contribution in [3.8, 4) is 17.2 Å². The zero-order valence-electron chi connectivity index (χ0n) is 22.2. The van der Waals surface area contributed by atoms with Gasteiger partial charge >= 0.3 is 5.97 Å².